The lowest BCUT2D eigenvalue weighted by molar-refractivity contribution is 0.627. The van der Waals surface area contributed by atoms with Crippen LogP contribution in [-0.4, -0.2) is 33.7 Å². The average molecular weight is 365 g/mol. The van der Waals surface area contributed by atoms with Gasteiger partial charge >= 0.3 is 0 Å². The standard InChI is InChI=1S/C20H20FN5O/c1-25-19(27)12-18(14-5-8-22-9-6-14)24-20(25)26-10-7-17(13-26)23-16-4-2-3-15(21)11-16/h2-6,8-9,11-12,17,23H,7,10,13H2,1H3/t17-/m1/s1. The first kappa shape index (κ1) is 17.2. The number of anilines is 2. The van der Waals surface area contributed by atoms with Crippen LogP contribution in [0.2, 0.25) is 0 Å². The number of aromatic nitrogens is 3. The highest BCUT2D eigenvalue weighted by Crippen LogP contribution is 2.23. The number of nitrogens with one attached hydrogen (secondary N) is 1. The highest BCUT2D eigenvalue weighted by Gasteiger charge is 2.25. The summed E-state index contributed by atoms with van der Waals surface area (Å²) in [4.78, 5) is 23.2. The summed E-state index contributed by atoms with van der Waals surface area (Å²) in [7, 11) is 1.73. The van der Waals surface area contributed by atoms with Crippen LogP contribution in [0.4, 0.5) is 16.0 Å². The van der Waals surface area contributed by atoms with Gasteiger partial charge in [-0.3, -0.25) is 14.3 Å². The van der Waals surface area contributed by atoms with Crippen LogP contribution in [0.25, 0.3) is 11.3 Å². The number of benzene rings is 1. The van der Waals surface area contributed by atoms with E-state index >= 15 is 0 Å². The SMILES string of the molecule is Cn1c(N2CC[C@@H](Nc3cccc(F)c3)C2)nc(-c2ccncc2)cc1=O. The number of hydrogen-bond acceptors (Lipinski definition) is 5. The summed E-state index contributed by atoms with van der Waals surface area (Å²) in [6, 6.07) is 11.8. The molecule has 1 saturated heterocycles. The fourth-order valence-electron chi connectivity index (χ4n) is 3.35. The molecule has 1 fully saturated rings. The molecule has 0 amide bonds. The summed E-state index contributed by atoms with van der Waals surface area (Å²) in [6.45, 7) is 1.46. The minimum absolute atomic E-state index is 0.103. The van der Waals surface area contributed by atoms with E-state index in [-0.39, 0.29) is 17.4 Å². The maximum absolute atomic E-state index is 13.4. The monoisotopic (exact) mass is 365 g/mol. The van der Waals surface area contributed by atoms with Crippen LogP contribution in [-0.2, 0) is 7.05 Å². The van der Waals surface area contributed by atoms with Crippen LogP contribution in [0, 0.1) is 5.82 Å². The zero-order valence-electron chi connectivity index (χ0n) is 15.0. The fourth-order valence-corrected chi connectivity index (χ4v) is 3.35. The topological polar surface area (TPSA) is 63.1 Å². The second kappa shape index (κ2) is 7.19. The molecule has 1 atom stereocenters. The predicted octanol–water partition coefficient (Wildman–Crippen LogP) is 2.67. The Morgan fingerprint density at radius 1 is 1.19 bits per heavy atom. The Kier molecular flexibility index (Phi) is 4.58. The summed E-state index contributed by atoms with van der Waals surface area (Å²) < 4.78 is 14.9. The van der Waals surface area contributed by atoms with Gasteiger partial charge in [-0.25, -0.2) is 9.37 Å². The van der Waals surface area contributed by atoms with Gasteiger partial charge in [-0.05, 0) is 36.8 Å². The van der Waals surface area contributed by atoms with E-state index in [2.05, 4.69) is 15.2 Å². The summed E-state index contributed by atoms with van der Waals surface area (Å²) in [5, 5.41) is 3.36. The molecule has 0 spiro atoms. The molecular weight excluding hydrogens is 345 g/mol. The summed E-state index contributed by atoms with van der Waals surface area (Å²) in [5.74, 6) is 0.377. The zero-order valence-corrected chi connectivity index (χ0v) is 15.0. The van der Waals surface area contributed by atoms with E-state index in [0.717, 1.165) is 24.2 Å². The molecule has 1 aliphatic rings. The third kappa shape index (κ3) is 3.67. The Hall–Kier alpha value is -3.22. The lowest BCUT2D eigenvalue weighted by Crippen LogP contribution is -2.32. The van der Waals surface area contributed by atoms with E-state index in [1.165, 1.54) is 18.2 Å². The number of rotatable bonds is 4. The van der Waals surface area contributed by atoms with E-state index < -0.39 is 0 Å². The number of pyridine rings is 1. The maximum Gasteiger partial charge on any atom is 0.255 e. The molecule has 3 aromatic rings. The Balaban J connectivity index is 1.57. The van der Waals surface area contributed by atoms with Crippen LogP contribution in [0.3, 0.4) is 0 Å². The summed E-state index contributed by atoms with van der Waals surface area (Å²) in [6.07, 6.45) is 4.25. The first-order chi connectivity index (χ1) is 13.1. The van der Waals surface area contributed by atoms with Crippen molar-refractivity contribution >= 4 is 11.6 Å². The maximum atomic E-state index is 13.4. The molecule has 0 radical (unpaired) electrons. The van der Waals surface area contributed by atoms with Crippen LogP contribution >= 0.6 is 0 Å². The predicted molar refractivity (Wildman–Crippen MR) is 103 cm³/mol. The van der Waals surface area contributed by atoms with E-state index in [1.807, 2.05) is 18.2 Å². The van der Waals surface area contributed by atoms with Gasteiger partial charge in [-0.2, -0.15) is 0 Å². The Labute approximate surface area is 156 Å². The van der Waals surface area contributed by atoms with Crippen LogP contribution in [0.5, 0.6) is 0 Å². The largest absolute Gasteiger partial charge is 0.380 e. The van der Waals surface area contributed by atoms with E-state index in [4.69, 9.17) is 4.98 Å². The first-order valence-electron chi connectivity index (χ1n) is 8.86. The van der Waals surface area contributed by atoms with Crippen molar-refractivity contribution in [3.63, 3.8) is 0 Å². The van der Waals surface area contributed by atoms with Crippen LogP contribution in [0.15, 0.2) is 59.7 Å². The van der Waals surface area contributed by atoms with Gasteiger partial charge in [0.05, 0.1) is 5.69 Å². The molecule has 0 aliphatic carbocycles. The minimum atomic E-state index is -0.260. The molecule has 2 aromatic heterocycles. The van der Waals surface area contributed by atoms with Crippen molar-refractivity contribution in [2.24, 2.45) is 7.05 Å². The Morgan fingerprint density at radius 2 is 2.00 bits per heavy atom. The second-order valence-electron chi connectivity index (χ2n) is 6.66. The van der Waals surface area contributed by atoms with E-state index in [0.29, 0.717) is 18.2 Å². The molecule has 0 bridgehead atoms. The summed E-state index contributed by atoms with van der Waals surface area (Å²) in [5.41, 5.74) is 2.15. The molecule has 138 valence electrons. The molecule has 6 nitrogen and oxygen atoms in total. The molecule has 27 heavy (non-hydrogen) atoms. The fraction of sp³-hybridized carbons (Fsp3) is 0.250. The molecule has 1 aliphatic heterocycles. The van der Waals surface area contributed by atoms with Crippen molar-refractivity contribution in [3.8, 4) is 11.3 Å². The van der Waals surface area contributed by atoms with Crippen molar-refractivity contribution < 1.29 is 4.39 Å². The van der Waals surface area contributed by atoms with Gasteiger partial charge in [-0.15, -0.1) is 0 Å². The zero-order chi connectivity index (χ0) is 18.8. The van der Waals surface area contributed by atoms with Gasteiger partial charge < -0.3 is 10.2 Å². The lowest BCUT2D eigenvalue weighted by Gasteiger charge is -2.21. The van der Waals surface area contributed by atoms with Crippen molar-refractivity contribution in [1.29, 1.82) is 0 Å². The van der Waals surface area contributed by atoms with Gasteiger partial charge in [-0.1, -0.05) is 6.07 Å². The van der Waals surface area contributed by atoms with Crippen molar-refractivity contribution in [3.05, 3.63) is 71.0 Å². The van der Waals surface area contributed by atoms with Gasteiger partial charge in [0.15, 0.2) is 0 Å². The molecule has 1 N–H and O–H groups in total. The van der Waals surface area contributed by atoms with E-state index in [1.54, 1.807) is 30.1 Å². The van der Waals surface area contributed by atoms with Gasteiger partial charge in [0, 0.05) is 55.9 Å². The first-order valence-corrected chi connectivity index (χ1v) is 8.86. The lowest BCUT2D eigenvalue weighted by atomic mass is 10.2. The molecule has 3 heterocycles. The molecule has 4 rings (SSSR count). The van der Waals surface area contributed by atoms with Crippen molar-refractivity contribution in [2.45, 2.75) is 12.5 Å². The van der Waals surface area contributed by atoms with Gasteiger partial charge in [0.2, 0.25) is 5.95 Å². The van der Waals surface area contributed by atoms with Crippen LogP contribution < -0.4 is 15.8 Å². The normalized spacial score (nSPS) is 16.5. The number of nitrogens with zero attached hydrogens (tertiary/aromatic N) is 4. The molecule has 0 unspecified atom stereocenters. The van der Waals surface area contributed by atoms with Crippen LogP contribution in [0.1, 0.15) is 6.42 Å². The second-order valence-corrected chi connectivity index (χ2v) is 6.66. The quantitative estimate of drug-likeness (QED) is 0.770. The molecule has 0 saturated carbocycles. The smallest absolute Gasteiger partial charge is 0.255 e. The third-order valence-electron chi connectivity index (χ3n) is 4.75. The third-order valence-corrected chi connectivity index (χ3v) is 4.75. The Morgan fingerprint density at radius 3 is 2.78 bits per heavy atom. The van der Waals surface area contributed by atoms with Crippen molar-refractivity contribution in [2.75, 3.05) is 23.3 Å². The molecule has 7 heteroatoms. The van der Waals surface area contributed by atoms with Gasteiger partial charge in [0.25, 0.3) is 5.56 Å². The average Bonchev–Trinajstić information content (AvgIpc) is 3.13. The highest BCUT2D eigenvalue weighted by molar-refractivity contribution is 5.59. The summed E-state index contributed by atoms with van der Waals surface area (Å²) >= 11 is 0. The minimum Gasteiger partial charge on any atom is -0.380 e. The Bertz CT molecular complexity index is 1000. The highest BCUT2D eigenvalue weighted by atomic mass is 19.1. The van der Waals surface area contributed by atoms with Crippen molar-refractivity contribution in [1.82, 2.24) is 14.5 Å². The van der Waals surface area contributed by atoms with Gasteiger partial charge in [0.1, 0.15) is 5.82 Å². The molecule has 1 aromatic carbocycles. The number of halogens is 1. The number of hydrogen-bond donors (Lipinski definition) is 1. The molecular formula is C20H20FN5O. The van der Waals surface area contributed by atoms with E-state index in [9.17, 15) is 9.18 Å².